The van der Waals surface area contributed by atoms with Crippen LogP contribution in [0.1, 0.15) is 29.3 Å². The first-order chi connectivity index (χ1) is 12.5. The van der Waals surface area contributed by atoms with E-state index >= 15 is 0 Å². The summed E-state index contributed by atoms with van der Waals surface area (Å²) in [5, 5.41) is 5.79. The van der Waals surface area contributed by atoms with Gasteiger partial charge in [-0.1, -0.05) is 31.2 Å². The van der Waals surface area contributed by atoms with Gasteiger partial charge >= 0.3 is 0 Å². The lowest BCUT2D eigenvalue weighted by Crippen LogP contribution is -2.44. The third-order valence-corrected chi connectivity index (χ3v) is 5.29. The lowest BCUT2D eigenvalue weighted by atomic mass is 10.1. The molecule has 4 nitrogen and oxygen atoms in total. The van der Waals surface area contributed by atoms with E-state index in [0.717, 1.165) is 23.4 Å². The Morgan fingerprint density at radius 3 is 2.62 bits per heavy atom. The molecule has 1 atom stereocenters. The van der Waals surface area contributed by atoms with Crippen LogP contribution in [0.4, 0.5) is 5.69 Å². The fraction of sp³-hybridized carbons (Fsp3) is 0.300. The fourth-order valence-corrected chi connectivity index (χ4v) is 3.42. The molecule has 0 aromatic heterocycles. The molecule has 2 aromatic carbocycles. The van der Waals surface area contributed by atoms with Gasteiger partial charge in [0, 0.05) is 10.2 Å². The summed E-state index contributed by atoms with van der Waals surface area (Å²) in [5.41, 5.74) is 2.42. The maximum absolute atomic E-state index is 12.7. The number of hydrogen-bond donors (Lipinski definition) is 2. The predicted octanol–water partition coefficient (Wildman–Crippen LogP) is 4.50. The quantitative estimate of drug-likeness (QED) is 0.642. The number of carbonyl (C=O) groups is 2. The van der Waals surface area contributed by atoms with Gasteiger partial charge < -0.3 is 10.6 Å². The van der Waals surface area contributed by atoms with E-state index in [0.29, 0.717) is 16.5 Å². The van der Waals surface area contributed by atoms with E-state index in [1.165, 1.54) is 0 Å². The van der Waals surface area contributed by atoms with Crippen molar-refractivity contribution in [2.24, 2.45) is 0 Å². The summed E-state index contributed by atoms with van der Waals surface area (Å²) in [6.45, 7) is 2.07. The van der Waals surface area contributed by atoms with Crippen molar-refractivity contribution in [3.05, 3.63) is 64.1 Å². The number of carbonyl (C=O) groups excluding carboxylic acids is 2. The topological polar surface area (TPSA) is 58.2 Å². The van der Waals surface area contributed by atoms with E-state index in [9.17, 15) is 9.59 Å². The molecule has 0 saturated carbocycles. The molecule has 0 bridgehead atoms. The van der Waals surface area contributed by atoms with Crippen molar-refractivity contribution in [2.45, 2.75) is 25.8 Å². The summed E-state index contributed by atoms with van der Waals surface area (Å²) in [5.74, 6) is 0.317. The second-order valence-electron chi connectivity index (χ2n) is 5.83. The van der Waals surface area contributed by atoms with Gasteiger partial charge in [0.15, 0.2) is 0 Å². The summed E-state index contributed by atoms with van der Waals surface area (Å²) >= 11 is 5.03. The van der Waals surface area contributed by atoms with Crippen LogP contribution in [-0.2, 0) is 11.2 Å². The molecule has 26 heavy (non-hydrogen) atoms. The fourth-order valence-electron chi connectivity index (χ4n) is 2.48. The van der Waals surface area contributed by atoms with E-state index in [1.807, 2.05) is 42.7 Å². The molecule has 2 rings (SSSR count). The average molecular weight is 435 g/mol. The highest BCUT2D eigenvalue weighted by molar-refractivity contribution is 9.10. The van der Waals surface area contributed by atoms with Gasteiger partial charge in [-0.3, -0.25) is 9.59 Å². The van der Waals surface area contributed by atoms with Gasteiger partial charge in [-0.25, -0.2) is 0 Å². The van der Waals surface area contributed by atoms with Gasteiger partial charge in [0.05, 0.1) is 5.56 Å². The third kappa shape index (κ3) is 5.88. The Morgan fingerprint density at radius 2 is 1.92 bits per heavy atom. The average Bonchev–Trinajstić information content (AvgIpc) is 2.65. The van der Waals surface area contributed by atoms with Crippen molar-refractivity contribution in [1.82, 2.24) is 5.32 Å². The Labute approximate surface area is 167 Å². The number of aryl methyl sites for hydroxylation is 1. The molecule has 1 unspecified atom stereocenters. The predicted molar refractivity (Wildman–Crippen MR) is 113 cm³/mol. The number of anilines is 1. The van der Waals surface area contributed by atoms with Crippen LogP contribution in [0.15, 0.2) is 53.0 Å². The minimum absolute atomic E-state index is 0.201. The molecule has 0 heterocycles. The molecule has 138 valence electrons. The van der Waals surface area contributed by atoms with Crippen LogP contribution in [0.2, 0.25) is 0 Å². The molecule has 0 aliphatic carbocycles. The normalized spacial score (nSPS) is 11.7. The largest absolute Gasteiger partial charge is 0.340 e. The highest BCUT2D eigenvalue weighted by Crippen LogP contribution is 2.17. The Kier molecular flexibility index (Phi) is 8.19. The highest BCUT2D eigenvalue weighted by Gasteiger charge is 2.22. The first-order valence-electron chi connectivity index (χ1n) is 8.49. The van der Waals surface area contributed by atoms with Crippen LogP contribution in [0.25, 0.3) is 0 Å². The second-order valence-corrected chi connectivity index (χ2v) is 7.67. The standard InChI is InChI=1S/C20H23BrN2O2S/c1-3-14-7-6-8-15(13-14)22-20(25)18(11-12-26-2)23-19(24)16-9-4-5-10-17(16)21/h4-10,13,18H,3,11-12H2,1-2H3,(H,22,25)(H,23,24). The number of amides is 2. The molecule has 2 amide bonds. The van der Waals surface area contributed by atoms with Crippen molar-refractivity contribution in [3.63, 3.8) is 0 Å². The first kappa shape index (κ1) is 20.5. The van der Waals surface area contributed by atoms with Gasteiger partial charge in [0.2, 0.25) is 5.91 Å². The van der Waals surface area contributed by atoms with E-state index in [1.54, 1.807) is 23.9 Å². The molecular weight excluding hydrogens is 412 g/mol. The lowest BCUT2D eigenvalue weighted by Gasteiger charge is -2.19. The number of thioether (sulfide) groups is 1. The van der Waals surface area contributed by atoms with Crippen LogP contribution >= 0.6 is 27.7 Å². The maximum atomic E-state index is 12.7. The van der Waals surface area contributed by atoms with Gasteiger partial charge in [-0.2, -0.15) is 11.8 Å². The Balaban J connectivity index is 2.11. The molecular formula is C20H23BrN2O2S. The zero-order chi connectivity index (χ0) is 18.9. The number of hydrogen-bond acceptors (Lipinski definition) is 3. The molecule has 2 N–H and O–H groups in total. The van der Waals surface area contributed by atoms with E-state index < -0.39 is 6.04 Å². The molecule has 0 aliphatic heterocycles. The molecule has 0 radical (unpaired) electrons. The Morgan fingerprint density at radius 1 is 1.15 bits per heavy atom. The highest BCUT2D eigenvalue weighted by atomic mass is 79.9. The van der Waals surface area contributed by atoms with Gasteiger partial charge in [-0.15, -0.1) is 0 Å². The monoisotopic (exact) mass is 434 g/mol. The molecule has 0 spiro atoms. The van der Waals surface area contributed by atoms with Crippen LogP contribution in [-0.4, -0.2) is 29.9 Å². The lowest BCUT2D eigenvalue weighted by molar-refractivity contribution is -0.118. The summed E-state index contributed by atoms with van der Waals surface area (Å²) in [4.78, 5) is 25.3. The molecule has 0 saturated heterocycles. The number of benzene rings is 2. The minimum Gasteiger partial charge on any atom is -0.340 e. The maximum Gasteiger partial charge on any atom is 0.253 e. The van der Waals surface area contributed by atoms with Gasteiger partial charge in [0.25, 0.3) is 5.91 Å². The molecule has 0 fully saturated rings. The van der Waals surface area contributed by atoms with Crippen LogP contribution in [0.3, 0.4) is 0 Å². The second kappa shape index (κ2) is 10.4. The molecule has 0 aliphatic rings. The van der Waals surface area contributed by atoms with Crippen molar-refractivity contribution in [3.8, 4) is 0 Å². The van der Waals surface area contributed by atoms with E-state index in [2.05, 4.69) is 33.5 Å². The van der Waals surface area contributed by atoms with Crippen LogP contribution in [0.5, 0.6) is 0 Å². The SMILES string of the molecule is CCc1cccc(NC(=O)C(CCSC)NC(=O)c2ccccc2Br)c1. The summed E-state index contributed by atoms with van der Waals surface area (Å²) in [7, 11) is 0. The van der Waals surface area contributed by atoms with Crippen molar-refractivity contribution in [1.29, 1.82) is 0 Å². The van der Waals surface area contributed by atoms with Crippen LogP contribution in [0, 0.1) is 0 Å². The zero-order valence-electron chi connectivity index (χ0n) is 14.9. The smallest absolute Gasteiger partial charge is 0.253 e. The first-order valence-corrected chi connectivity index (χ1v) is 10.7. The van der Waals surface area contributed by atoms with Gasteiger partial charge in [0.1, 0.15) is 6.04 Å². The summed E-state index contributed by atoms with van der Waals surface area (Å²) in [6.07, 6.45) is 3.45. The molecule has 6 heteroatoms. The van der Waals surface area contributed by atoms with Gasteiger partial charge in [-0.05, 0) is 70.6 Å². The Bertz CT molecular complexity index is 767. The summed E-state index contributed by atoms with van der Waals surface area (Å²) in [6, 6.07) is 14.4. The van der Waals surface area contributed by atoms with Crippen molar-refractivity contribution in [2.75, 3.05) is 17.3 Å². The minimum atomic E-state index is -0.590. The van der Waals surface area contributed by atoms with Crippen LogP contribution < -0.4 is 10.6 Å². The molecule has 2 aromatic rings. The summed E-state index contributed by atoms with van der Waals surface area (Å²) < 4.78 is 0.706. The number of nitrogens with one attached hydrogen (secondary N) is 2. The Hall–Kier alpha value is -1.79. The van der Waals surface area contributed by atoms with E-state index in [-0.39, 0.29) is 11.8 Å². The van der Waals surface area contributed by atoms with Crippen molar-refractivity contribution < 1.29 is 9.59 Å². The number of halogens is 1. The zero-order valence-corrected chi connectivity index (χ0v) is 17.3. The third-order valence-electron chi connectivity index (χ3n) is 3.95. The van der Waals surface area contributed by atoms with Crippen molar-refractivity contribution >= 4 is 45.2 Å². The van der Waals surface area contributed by atoms with E-state index in [4.69, 9.17) is 0 Å². The number of rotatable bonds is 8.